The van der Waals surface area contributed by atoms with Crippen LogP contribution in [0.4, 0.5) is 18.0 Å². The van der Waals surface area contributed by atoms with Gasteiger partial charge in [0.25, 0.3) is 0 Å². The van der Waals surface area contributed by atoms with Gasteiger partial charge in [-0.2, -0.15) is 13.2 Å². The largest absolute Gasteiger partial charge is 0.480 e. The molecule has 1 heterocycles. The van der Waals surface area contributed by atoms with Crippen molar-refractivity contribution in [3.8, 4) is 0 Å². The van der Waals surface area contributed by atoms with Crippen LogP contribution in [0, 0.1) is 0 Å². The Balaban J connectivity index is 2.25. The van der Waals surface area contributed by atoms with Gasteiger partial charge in [-0.1, -0.05) is 0 Å². The molecule has 1 fully saturated rings. The molecule has 1 saturated heterocycles. The van der Waals surface area contributed by atoms with Crippen LogP contribution in [-0.2, 0) is 14.3 Å². The van der Waals surface area contributed by atoms with Gasteiger partial charge in [0, 0.05) is 13.1 Å². The van der Waals surface area contributed by atoms with Gasteiger partial charge in [-0.05, 0) is 12.8 Å². The van der Waals surface area contributed by atoms with E-state index in [9.17, 15) is 22.8 Å². The number of carboxylic acid groups (broad SMARTS) is 1. The summed E-state index contributed by atoms with van der Waals surface area (Å²) in [4.78, 5) is 22.7. The number of carbonyl (C=O) groups is 2. The maximum atomic E-state index is 11.8. The molecule has 6 nitrogen and oxygen atoms in total. The van der Waals surface area contributed by atoms with Crippen LogP contribution in [0.25, 0.3) is 0 Å². The van der Waals surface area contributed by atoms with Crippen LogP contribution < -0.4 is 0 Å². The van der Waals surface area contributed by atoms with E-state index in [2.05, 4.69) is 4.74 Å². The zero-order valence-corrected chi connectivity index (χ0v) is 9.98. The van der Waals surface area contributed by atoms with Crippen LogP contribution in [0.2, 0.25) is 0 Å². The number of amides is 1. The number of piperidine rings is 1. The fraction of sp³-hybridized carbons (Fsp3) is 0.800. The number of alkyl halides is 3. The van der Waals surface area contributed by atoms with Gasteiger partial charge in [-0.3, -0.25) is 0 Å². The van der Waals surface area contributed by atoms with Gasteiger partial charge in [0.15, 0.2) is 6.61 Å². The quantitative estimate of drug-likeness (QED) is 0.841. The minimum Gasteiger partial charge on any atom is -0.480 e. The molecule has 0 radical (unpaired) electrons. The highest BCUT2D eigenvalue weighted by Gasteiger charge is 2.32. The average molecular weight is 285 g/mol. The smallest absolute Gasteiger partial charge is 0.422 e. The lowest BCUT2D eigenvalue weighted by atomic mass is 10.1. The van der Waals surface area contributed by atoms with E-state index in [1.165, 1.54) is 0 Å². The monoisotopic (exact) mass is 285 g/mol. The molecule has 0 unspecified atom stereocenters. The predicted octanol–water partition coefficient (Wildman–Crippen LogP) is 1.25. The van der Waals surface area contributed by atoms with E-state index in [-0.39, 0.29) is 19.2 Å². The second kappa shape index (κ2) is 6.60. The molecule has 1 aliphatic rings. The van der Waals surface area contributed by atoms with E-state index in [1.54, 1.807) is 0 Å². The van der Waals surface area contributed by atoms with Crippen LogP contribution in [0.1, 0.15) is 12.8 Å². The number of hydrogen-bond acceptors (Lipinski definition) is 4. The van der Waals surface area contributed by atoms with Crippen LogP contribution in [0.5, 0.6) is 0 Å². The highest BCUT2D eigenvalue weighted by molar-refractivity contribution is 5.68. The highest BCUT2D eigenvalue weighted by Crippen LogP contribution is 2.17. The van der Waals surface area contributed by atoms with Crippen molar-refractivity contribution in [3.05, 3.63) is 0 Å². The summed E-state index contributed by atoms with van der Waals surface area (Å²) in [5.41, 5.74) is 0. The van der Waals surface area contributed by atoms with Crippen molar-refractivity contribution in [2.24, 2.45) is 0 Å². The molecule has 0 aliphatic carbocycles. The van der Waals surface area contributed by atoms with Crippen LogP contribution >= 0.6 is 0 Å². The molecule has 1 N–H and O–H groups in total. The fourth-order valence-electron chi connectivity index (χ4n) is 1.63. The minimum atomic E-state index is -4.54. The topological polar surface area (TPSA) is 76.1 Å². The summed E-state index contributed by atoms with van der Waals surface area (Å²) in [7, 11) is 0. The van der Waals surface area contributed by atoms with E-state index in [4.69, 9.17) is 9.84 Å². The molecule has 0 spiro atoms. The van der Waals surface area contributed by atoms with E-state index in [0.717, 1.165) is 4.90 Å². The Hall–Kier alpha value is -1.51. The molecule has 110 valence electrons. The first kappa shape index (κ1) is 15.5. The van der Waals surface area contributed by atoms with Crippen molar-refractivity contribution in [3.63, 3.8) is 0 Å². The molecule has 0 aromatic carbocycles. The summed E-state index contributed by atoms with van der Waals surface area (Å²) < 4.78 is 44.7. The summed E-state index contributed by atoms with van der Waals surface area (Å²) in [6.45, 7) is -1.67. The van der Waals surface area contributed by atoms with Crippen LogP contribution in [-0.4, -0.2) is 60.7 Å². The van der Waals surface area contributed by atoms with Crippen LogP contribution in [0.3, 0.4) is 0 Å². The first-order valence-corrected chi connectivity index (χ1v) is 5.60. The molecular formula is C10H14F3NO5. The Morgan fingerprint density at radius 3 is 2.32 bits per heavy atom. The summed E-state index contributed by atoms with van der Waals surface area (Å²) in [6.07, 6.45) is -5.13. The van der Waals surface area contributed by atoms with Crippen molar-refractivity contribution in [1.29, 1.82) is 0 Å². The van der Waals surface area contributed by atoms with Gasteiger partial charge in [0.1, 0.15) is 6.61 Å². The summed E-state index contributed by atoms with van der Waals surface area (Å²) >= 11 is 0. The number of halogens is 3. The molecule has 0 bridgehead atoms. The molecule has 1 aliphatic heterocycles. The van der Waals surface area contributed by atoms with E-state index in [1.807, 2.05) is 0 Å². The molecule has 1 rings (SSSR count). The van der Waals surface area contributed by atoms with Crippen LogP contribution in [0.15, 0.2) is 0 Å². The molecule has 0 aromatic heterocycles. The third kappa shape index (κ3) is 6.27. The number of likely N-dealkylation sites (tertiary alicyclic amines) is 1. The first-order chi connectivity index (χ1) is 8.78. The predicted molar refractivity (Wildman–Crippen MR) is 55.6 cm³/mol. The number of hydrogen-bond donors (Lipinski definition) is 1. The van der Waals surface area contributed by atoms with Gasteiger partial charge in [0.05, 0.1) is 6.10 Å². The van der Waals surface area contributed by atoms with E-state index >= 15 is 0 Å². The van der Waals surface area contributed by atoms with E-state index in [0.29, 0.717) is 12.8 Å². The maximum absolute atomic E-state index is 11.8. The van der Waals surface area contributed by atoms with Gasteiger partial charge in [-0.25, -0.2) is 9.59 Å². The van der Waals surface area contributed by atoms with Crippen molar-refractivity contribution in [1.82, 2.24) is 4.90 Å². The average Bonchev–Trinajstić information content (AvgIpc) is 2.33. The van der Waals surface area contributed by atoms with Crippen molar-refractivity contribution in [2.75, 3.05) is 26.3 Å². The molecular weight excluding hydrogens is 271 g/mol. The standard InChI is InChI=1S/C10H14F3NO5/c11-10(12,13)6-19-9(17)14-3-1-7(2-4-14)18-5-8(15)16/h7H,1-6H2,(H,15,16). The highest BCUT2D eigenvalue weighted by atomic mass is 19.4. The minimum absolute atomic E-state index is 0.182. The first-order valence-electron chi connectivity index (χ1n) is 5.60. The third-order valence-electron chi connectivity index (χ3n) is 2.50. The zero-order chi connectivity index (χ0) is 14.5. The van der Waals surface area contributed by atoms with Gasteiger partial charge in [-0.15, -0.1) is 0 Å². The summed E-state index contributed by atoms with van der Waals surface area (Å²) in [5, 5.41) is 8.41. The summed E-state index contributed by atoms with van der Waals surface area (Å²) in [6, 6.07) is 0. The number of aliphatic carboxylic acids is 1. The third-order valence-corrected chi connectivity index (χ3v) is 2.50. The molecule has 0 atom stereocenters. The lowest BCUT2D eigenvalue weighted by molar-refractivity contribution is -0.163. The lowest BCUT2D eigenvalue weighted by Gasteiger charge is -2.30. The molecule has 1 amide bonds. The Bertz CT molecular complexity index is 326. The Labute approximate surface area is 107 Å². The Morgan fingerprint density at radius 2 is 1.84 bits per heavy atom. The number of nitrogens with zero attached hydrogens (tertiary/aromatic N) is 1. The number of carboxylic acids is 1. The zero-order valence-electron chi connectivity index (χ0n) is 9.98. The second-order valence-corrected chi connectivity index (χ2v) is 4.06. The van der Waals surface area contributed by atoms with Gasteiger partial charge >= 0.3 is 18.2 Å². The number of carbonyl (C=O) groups excluding carboxylic acids is 1. The Morgan fingerprint density at radius 1 is 1.26 bits per heavy atom. The van der Waals surface area contributed by atoms with Gasteiger partial charge in [0.2, 0.25) is 0 Å². The van der Waals surface area contributed by atoms with Crippen molar-refractivity contribution in [2.45, 2.75) is 25.1 Å². The number of ether oxygens (including phenoxy) is 2. The SMILES string of the molecule is O=C(O)COC1CCN(C(=O)OCC(F)(F)F)CC1. The Kier molecular flexibility index (Phi) is 5.40. The van der Waals surface area contributed by atoms with E-state index < -0.39 is 31.5 Å². The maximum Gasteiger partial charge on any atom is 0.422 e. The second-order valence-electron chi connectivity index (χ2n) is 4.06. The van der Waals surface area contributed by atoms with Crippen molar-refractivity contribution >= 4 is 12.1 Å². The number of rotatable bonds is 4. The van der Waals surface area contributed by atoms with Crippen molar-refractivity contribution < 1.29 is 37.3 Å². The molecule has 19 heavy (non-hydrogen) atoms. The molecule has 0 aromatic rings. The lowest BCUT2D eigenvalue weighted by Crippen LogP contribution is -2.42. The summed E-state index contributed by atoms with van der Waals surface area (Å²) in [5.74, 6) is -1.09. The molecule has 0 saturated carbocycles. The normalized spacial score (nSPS) is 17.3. The van der Waals surface area contributed by atoms with Gasteiger partial charge < -0.3 is 19.5 Å². The fourth-order valence-corrected chi connectivity index (χ4v) is 1.63. The molecule has 9 heteroatoms.